The van der Waals surface area contributed by atoms with Crippen LogP contribution in [0.4, 0.5) is 0 Å². The van der Waals surface area contributed by atoms with Crippen LogP contribution in [0.5, 0.6) is 0 Å². The largest absolute Gasteiger partial charge is 0.471 e. The van der Waals surface area contributed by atoms with Gasteiger partial charge in [-0.1, -0.05) is 183 Å². The molecule has 326 valence electrons. The van der Waals surface area contributed by atoms with Crippen molar-refractivity contribution in [1.82, 2.24) is 10.4 Å². The van der Waals surface area contributed by atoms with E-state index in [9.17, 15) is 4.79 Å². The van der Waals surface area contributed by atoms with Crippen molar-refractivity contribution < 1.29 is 19.2 Å². The summed E-state index contributed by atoms with van der Waals surface area (Å²) < 4.78 is 3.86. The lowest BCUT2D eigenvalue weighted by molar-refractivity contribution is -0.126. The Bertz CT molecular complexity index is 765. The Labute approximate surface area is 342 Å². The number of nitrogens with zero attached hydrogens (tertiary/aromatic N) is 1. The van der Waals surface area contributed by atoms with E-state index < -0.39 is 0 Å². The Morgan fingerprint density at radius 1 is 0.796 bits per heavy atom. The Hall–Kier alpha value is -2.80. The van der Waals surface area contributed by atoms with Crippen LogP contribution >= 0.6 is 0 Å². The summed E-state index contributed by atoms with van der Waals surface area (Å²) in [6.45, 7) is 51.7. The molecule has 0 radical (unpaired) electrons. The minimum Gasteiger partial charge on any atom is -0.471 e. The molecule has 1 atom stereocenters. The molecule has 0 amide bonds. The fourth-order valence-electron chi connectivity index (χ4n) is 1.67. The minimum absolute atomic E-state index is 0.375. The normalized spacial score (nSPS) is 8.72. The number of allylic oxidation sites excluding steroid dienone is 4. The zero-order valence-electron chi connectivity index (χ0n) is 40.5. The van der Waals surface area contributed by atoms with E-state index in [-0.39, 0.29) is 0 Å². The van der Waals surface area contributed by atoms with Gasteiger partial charge < -0.3 is 14.5 Å². The van der Waals surface area contributed by atoms with E-state index in [4.69, 9.17) is 4.79 Å². The number of nitrogens with one attached hydrogen (secondary N) is 1. The predicted octanol–water partition coefficient (Wildman–Crippen LogP) is 14.8. The first-order chi connectivity index (χ1) is 25.7. The second-order valence-electron chi connectivity index (χ2n) is 11.3. The molecule has 0 spiro atoms. The average molecular weight is 769 g/mol. The lowest BCUT2D eigenvalue weighted by atomic mass is 10.1. The molecule has 54 heavy (non-hydrogen) atoms. The Morgan fingerprint density at radius 2 is 1.15 bits per heavy atom. The van der Waals surface area contributed by atoms with Crippen LogP contribution in [-0.2, 0) is 20.8 Å². The number of rotatable bonds is 13. The van der Waals surface area contributed by atoms with Crippen molar-refractivity contribution in [1.29, 1.82) is 0 Å². The van der Waals surface area contributed by atoms with Gasteiger partial charge in [0.05, 0.1) is 14.2 Å². The summed E-state index contributed by atoms with van der Waals surface area (Å²) in [5.74, 6) is 1.14. The van der Waals surface area contributed by atoms with Gasteiger partial charge in [-0.2, -0.15) is 0 Å². The molecule has 0 aliphatic rings. The summed E-state index contributed by atoms with van der Waals surface area (Å²) in [5.41, 5.74) is 6.07. The van der Waals surface area contributed by atoms with Crippen molar-refractivity contribution in [3.05, 3.63) is 85.0 Å². The lowest BCUT2D eigenvalue weighted by Gasteiger charge is -2.07. The number of carbonyl (C=O) groups excluding carboxylic acids is 2. The van der Waals surface area contributed by atoms with E-state index in [0.29, 0.717) is 18.3 Å². The summed E-state index contributed by atoms with van der Waals surface area (Å²) in [7, 11) is 5.03. The molecular weight excluding hydrogens is 669 g/mol. The molecule has 1 N–H and O–H groups in total. The van der Waals surface area contributed by atoms with E-state index in [1.807, 2.05) is 97.9 Å². The summed E-state index contributed by atoms with van der Waals surface area (Å²) in [6, 6.07) is 7.80. The van der Waals surface area contributed by atoms with Crippen molar-refractivity contribution in [3.8, 4) is 0 Å². The first kappa shape index (κ1) is 76.0. The highest BCUT2D eigenvalue weighted by Crippen LogP contribution is 2.06. The Balaban J connectivity index is -0.0000000519. The maximum atomic E-state index is 10.3. The topological polar surface area (TPSA) is 67.9 Å². The summed E-state index contributed by atoms with van der Waals surface area (Å²) in [5, 5.41) is 0. The van der Waals surface area contributed by atoms with Crippen molar-refractivity contribution in [2.75, 3.05) is 40.9 Å². The third kappa shape index (κ3) is 125. The number of benzene rings is 1. The fraction of sp³-hybridized carbons (Fsp3) is 0.667. The van der Waals surface area contributed by atoms with Gasteiger partial charge in [-0.05, 0) is 78.1 Å². The minimum atomic E-state index is 0.375. The molecule has 0 saturated carbocycles. The second kappa shape index (κ2) is 87.8. The maximum absolute atomic E-state index is 10.3. The summed E-state index contributed by atoms with van der Waals surface area (Å²) >= 11 is 0. The van der Waals surface area contributed by atoms with Crippen molar-refractivity contribution >= 4 is 12.8 Å². The van der Waals surface area contributed by atoms with Gasteiger partial charge in [-0.3, -0.25) is 9.59 Å². The zero-order valence-corrected chi connectivity index (χ0v) is 40.5. The molecule has 0 bridgehead atoms. The number of unbranched alkanes of at least 4 members (excludes halogenated alkanes) is 2. The number of hydrogen-bond donors (Lipinski definition) is 1. The number of hydroxylamine groups is 1. The van der Waals surface area contributed by atoms with Gasteiger partial charge in [0, 0.05) is 12.1 Å². The van der Waals surface area contributed by atoms with Crippen LogP contribution in [0.25, 0.3) is 0 Å². The molecule has 6 heteroatoms. The molecule has 1 rings (SSSR count). The maximum Gasteiger partial charge on any atom is 0.292 e. The van der Waals surface area contributed by atoms with Gasteiger partial charge in [0.1, 0.15) is 6.29 Å². The number of aryl methyl sites for hydroxylation is 1. The molecule has 0 fully saturated rings. The average Bonchev–Trinajstić information content (AvgIpc) is 3.21. The smallest absolute Gasteiger partial charge is 0.292 e. The van der Waals surface area contributed by atoms with Crippen LogP contribution in [0.3, 0.4) is 0 Å². The summed E-state index contributed by atoms with van der Waals surface area (Å²) in [4.78, 5) is 26.1. The molecule has 0 aliphatic heterocycles. The predicted molar refractivity (Wildman–Crippen MR) is 252 cm³/mol. The third-order valence-corrected chi connectivity index (χ3v) is 5.88. The molecule has 0 saturated heterocycles. The Kier molecular flexibility index (Phi) is 124. The van der Waals surface area contributed by atoms with Crippen molar-refractivity contribution in [2.24, 2.45) is 11.8 Å². The van der Waals surface area contributed by atoms with Gasteiger partial charge in [-0.25, -0.2) is 5.48 Å². The first-order valence-corrected chi connectivity index (χ1v) is 20.6. The number of ether oxygens (including phenoxy) is 1. The molecule has 0 aromatic heterocycles. The van der Waals surface area contributed by atoms with Gasteiger partial charge in [-0.15, -0.1) is 13.2 Å². The molecular formula is C48H100N2O4. The standard InChI is InChI=1S/C11H14O.C6H13NO.C6H12.C5H13N.C4H10.C4H8.C3H8.C3H6.C2H4O2.2C2H6/c1-2-3-4-10-5-7-11(9-12)8-6-10;1-4-6(2)5-7-8-3;1-5(2)6(3)4;1-4-6(3)5-2;2*1-3-4-2;2*1-3-2;1-4-2-3;2*1-2/h5-9H,2-4H2,1H3;4,6-7H,1,5H2,2-3H3;6H,1H2,2-4H3;4-5H2,1-3H3;3-4H2,1-2H3;3-4H,1-2H3;3H2,1-2H3;3H,1H2,2H3;2H,1H3;2*1-2H3/b;;;;;4-3-;;;;;/t;6-;;;;;;;;;/m.1........./s1. The van der Waals surface area contributed by atoms with Crippen LogP contribution in [-0.4, -0.2) is 58.6 Å². The molecule has 6 nitrogen and oxygen atoms in total. The van der Waals surface area contributed by atoms with E-state index in [0.717, 1.165) is 37.9 Å². The highest BCUT2D eigenvalue weighted by atomic mass is 16.6. The van der Waals surface area contributed by atoms with E-state index in [1.165, 1.54) is 50.4 Å². The third-order valence-electron chi connectivity index (χ3n) is 5.88. The highest BCUT2D eigenvalue weighted by molar-refractivity contribution is 5.74. The van der Waals surface area contributed by atoms with Crippen molar-refractivity contribution in [2.45, 2.75) is 163 Å². The number of methoxy groups -OCH3 is 1. The lowest BCUT2D eigenvalue weighted by Crippen LogP contribution is -2.18. The first-order valence-electron chi connectivity index (χ1n) is 20.6. The molecule has 1 aromatic rings. The zero-order chi connectivity index (χ0) is 45.0. The molecule has 0 unspecified atom stereocenters. The van der Waals surface area contributed by atoms with E-state index in [2.05, 4.69) is 116 Å². The fourth-order valence-corrected chi connectivity index (χ4v) is 1.67. The van der Waals surface area contributed by atoms with E-state index in [1.54, 1.807) is 13.2 Å². The quantitative estimate of drug-likeness (QED) is 0.122. The Morgan fingerprint density at radius 3 is 1.31 bits per heavy atom. The number of carbonyl (C=O) groups is 2. The van der Waals surface area contributed by atoms with Crippen LogP contribution in [0, 0.1) is 11.8 Å². The highest BCUT2D eigenvalue weighted by Gasteiger charge is 1.93. The monoisotopic (exact) mass is 769 g/mol. The SMILES string of the molecule is C/C=C\C.C=C(C)C(C)C.C=CC.C=C[C@@H](C)CNOC.CC.CC.CCC.CCCC.CCCCc1ccc(C=O)cc1.CCN(C)CC.COC=O. The van der Waals surface area contributed by atoms with Gasteiger partial charge in [0.15, 0.2) is 0 Å². The van der Waals surface area contributed by atoms with Crippen LogP contribution in [0.1, 0.15) is 173 Å². The number of aldehydes is 1. The second-order valence-corrected chi connectivity index (χ2v) is 11.3. The molecule has 0 aliphatic carbocycles. The number of hydrogen-bond acceptors (Lipinski definition) is 6. The van der Waals surface area contributed by atoms with Gasteiger partial charge in [0.25, 0.3) is 6.47 Å². The molecule has 1 aromatic carbocycles. The van der Waals surface area contributed by atoms with Crippen LogP contribution in [0.2, 0.25) is 0 Å². The summed E-state index contributed by atoms with van der Waals surface area (Å²) in [6.07, 6.45) is 16.0. The van der Waals surface area contributed by atoms with E-state index >= 15 is 0 Å². The van der Waals surface area contributed by atoms with Gasteiger partial charge in [0.2, 0.25) is 0 Å². The van der Waals surface area contributed by atoms with Crippen molar-refractivity contribution in [3.63, 3.8) is 0 Å². The van der Waals surface area contributed by atoms with Gasteiger partial charge >= 0.3 is 0 Å². The van der Waals surface area contributed by atoms with Crippen LogP contribution < -0.4 is 5.48 Å². The van der Waals surface area contributed by atoms with Crippen LogP contribution in [0.15, 0.2) is 73.9 Å². The molecule has 0 heterocycles.